The highest BCUT2D eigenvalue weighted by atomic mass is 35.5. The molecule has 1 fully saturated rings. The molecule has 1 atom stereocenters. The molecule has 0 bridgehead atoms. The minimum Gasteiger partial charge on any atom is -0.319 e. The Balaban J connectivity index is 1.81. The van der Waals surface area contributed by atoms with Crippen molar-refractivity contribution in [2.75, 3.05) is 6.54 Å². The van der Waals surface area contributed by atoms with Gasteiger partial charge in [-0.1, -0.05) is 11.6 Å². The van der Waals surface area contributed by atoms with Crippen LogP contribution < -0.4 is 5.32 Å². The van der Waals surface area contributed by atoms with Gasteiger partial charge in [-0.3, -0.25) is 14.5 Å². The zero-order valence-corrected chi connectivity index (χ0v) is 13.8. The summed E-state index contributed by atoms with van der Waals surface area (Å²) >= 11 is 7.23. The summed E-state index contributed by atoms with van der Waals surface area (Å²) in [5.74, 6) is -0.747. The number of Topliss-reactive ketones (excluding diaryl/α,β-unsaturated/α-hetero) is 1. The summed E-state index contributed by atoms with van der Waals surface area (Å²) in [7, 11) is 0. The van der Waals surface area contributed by atoms with Crippen LogP contribution >= 0.6 is 22.9 Å². The average Bonchev–Trinajstić information content (AvgIpc) is 3.12. The maximum atomic E-state index is 12.6. The second-order valence-corrected chi connectivity index (χ2v) is 6.61. The molecule has 7 heteroatoms. The fourth-order valence-corrected chi connectivity index (χ4v) is 3.35. The van der Waals surface area contributed by atoms with Crippen molar-refractivity contribution in [1.82, 2.24) is 10.2 Å². The lowest BCUT2D eigenvalue weighted by Crippen LogP contribution is -2.41. The van der Waals surface area contributed by atoms with Crippen LogP contribution in [0.2, 0.25) is 5.02 Å². The third-order valence-corrected chi connectivity index (χ3v) is 4.78. The number of ketones is 1. The number of hydrogen-bond acceptors (Lipinski definition) is 4. The maximum absolute atomic E-state index is 12.6. The molecular formula is C16H13ClN2O3S. The standard InChI is InChI=1S/C16H13ClN2O3S/c1-16(11-6-7-23-9-11)14(21)19(15(22)18-16)8-13(20)10-2-4-12(17)5-3-10/h2-7,9H,8H2,1H3,(H,18,22). The first-order chi connectivity index (χ1) is 10.9. The molecule has 3 amide bonds. The summed E-state index contributed by atoms with van der Waals surface area (Å²) in [6, 6.07) is 7.55. The van der Waals surface area contributed by atoms with Crippen LogP contribution in [0.15, 0.2) is 41.1 Å². The molecule has 0 aliphatic carbocycles. The van der Waals surface area contributed by atoms with Crippen LogP contribution in [0.5, 0.6) is 0 Å². The Morgan fingerprint density at radius 2 is 1.96 bits per heavy atom. The van der Waals surface area contributed by atoms with E-state index in [2.05, 4.69) is 5.32 Å². The molecule has 3 rings (SSSR count). The number of carbonyl (C=O) groups excluding carboxylic acids is 3. The molecule has 5 nitrogen and oxygen atoms in total. The van der Waals surface area contributed by atoms with Crippen molar-refractivity contribution in [1.29, 1.82) is 0 Å². The summed E-state index contributed by atoms with van der Waals surface area (Å²) in [6.45, 7) is 1.34. The quantitative estimate of drug-likeness (QED) is 0.682. The average molecular weight is 349 g/mol. The molecular weight excluding hydrogens is 336 g/mol. The van der Waals surface area contributed by atoms with Crippen LogP contribution in [0.3, 0.4) is 0 Å². The van der Waals surface area contributed by atoms with Crippen molar-refractivity contribution in [2.45, 2.75) is 12.5 Å². The molecule has 1 unspecified atom stereocenters. The minimum atomic E-state index is -1.13. The molecule has 1 aromatic heterocycles. The number of rotatable bonds is 4. The van der Waals surface area contributed by atoms with Crippen LogP contribution in [-0.2, 0) is 10.3 Å². The van der Waals surface area contributed by atoms with Crippen LogP contribution in [0.25, 0.3) is 0 Å². The van der Waals surface area contributed by atoms with E-state index in [0.29, 0.717) is 16.1 Å². The number of benzene rings is 1. The van der Waals surface area contributed by atoms with Crippen molar-refractivity contribution < 1.29 is 14.4 Å². The highest BCUT2D eigenvalue weighted by Crippen LogP contribution is 2.30. The lowest BCUT2D eigenvalue weighted by atomic mass is 9.95. The van der Waals surface area contributed by atoms with E-state index in [-0.39, 0.29) is 12.3 Å². The lowest BCUT2D eigenvalue weighted by molar-refractivity contribution is -0.130. The van der Waals surface area contributed by atoms with E-state index in [9.17, 15) is 14.4 Å². The van der Waals surface area contributed by atoms with Gasteiger partial charge < -0.3 is 5.32 Å². The van der Waals surface area contributed by atoms with Crippen molar-refractivity contribution in [3.8, 4) is 0 Å². The number of nitrogens with zero attached hydrogens (tertiary/aromatic N) is 1. The molecule has 1 aliphatic heterocycles. The van der Waals surface area contributed by atoms with E-state index in [1.54, 1.807) is 37.3 Å². The Kier molecular flexibility index (Phi) is 3.95. The Labute approximate surface area is 141 Å². The number of urea groups is 1. The van der Waals surface area contributed by atoms with Gasteiger partial charge in [0.05, 0.1) is 6.54 Å². The van der Waals surface area contributed by atoms with E-state index >= 15 is 0 Å². The Hall–Kier alpha value is -2.18. The van der Waals surface area contributed by atoms with Crippen LogP contribution in [0, 0.1) is 0 Å². The number of thiophene rings is 1. The first-order valence-corrected chi connectivity index (χ1v) is 8.19. The fourth-order valence-electron chi connectivity index (χ4n) is 2.46. The first-order valence-electron chi connectivity index (χ1n) is 6.87. The summed E-state index contributed by atoms with van der Waals surface area (Å²) in [5.41, 5.74) is -0.0152. The molecule has 1 saturated heterocycles. The smallest absolute Gasteiger partial charge is 0.319 e. The first kappa shape index (κ1) is 15.7. The molecule has 1 aromatic carbocycles. The third kappa shape index (κ3) is 2.75. The van der Waals surface area contributed by atoms with E-state index in [4.69, 9.17) is 11.6 Å². The summed E-state index contributed by atoms with van der Waals surface area (Å²) < 4.78 is 0. The number of halogens is 1. The summed E-state index contributed by atoms with van der Waals surface area (Å²) in [4.78, 5) is 38.0. The van der Waals surface area contributed by atoms with Crippen LogP contribution in [-0.4, -0.2) is 29.2 Å². The predicted octanol–water partition coefficient (Wildman–Crippen LogP) is 3.05. The Bertz CT molecular complexity index is 773. The van der Waals surface area contributed by atoms with Gasteiger partial charge in [-0.25, -0.2) is 4.79 Å². The van der Waals surface area contributed by atoms with Crippen molar-refractivity contribution >= 4 is 40.7 Å². The van der Waals surface area contributed by atoms with Crippen molar-refractivity contribution in [3.05, 3.63) is 57.2 Å². The van der Waals surface area contributed by atoms with Gasteiger partial charge in [0.2, 0.25) is 0 Å². The zero-order valence-electron chi connectivity index (χ0n) is 12.2. The maximum Gasteiger partial charge on any atom is 0.325 e. The van der Waals surface area contributed by atoms with Gasteiger partial charge in [-0.2, -0.15) is 11.3 Å². The van der Waals surface area contributed by atoms with Gasteiger partial charge in [-0.05, 0) is 53.6 Å². The van der Waals surface area contributed by atoms with Gasteiger partial charge >= 0.3 is 6.03 Å². The SMILES string of the molecule is CC1(c2ccsc2)NC(=O)N(CC(=O)c2ccc(Cl)cc2)C1=O. The normalized spacial score (nSPS) is 20.7. The number of nitrogens with one attached hydrogen (secondary N) is 1. The monoisotopic (exact) mass is 348 g/mol. The van der Waals surface area contributed by atoms with E-state index in [0.717, 1.165) is 4.90 Å². The molecule has 0 saturated carbocycles. The second kappa shape index (κ2) is 5.79. The predicted molar refractivity (Wildman–Crippen MR) is 87.7 cm³/mol. The number of hydrogen-bond donors (Lipinski definition) is 1. The van der Waals surface area contributed by atoms with Crippen LogP contribution in [0.1, 0.15) is 22.8 Å². The molecule has 1 aliphatic rings. The molecule has 2 aromatic rings. The van der Waals surface area contributed by atoms with E-state index < -0.39 is 17.5 Å². The number of imide groups is 1. The van der Waals surface area contributed by atoms with Gasteiger partial charge in [-0.15, -0.1) is 0 Å². The molecule has 1 N–H and O–H groups in total. The molecule has 2 heterocycles. The van der Waals surface area contributed by atoms with Gasteiger partial charge in [0, 0.05) is 10.6 Å². The highest BCUT2D eigenvalue weighted by molar-refractivity contribution is 7.08. The molecule has 118 valence electrons. The molecule has 0 spiro atoms. The summed E-state index contributed by atoms with van der Waals surface area (Å²) in [6.07, 6.45) is 0. The van der Waals surface area contributed by atoms with Gasteiger partial charge in [0.15, 0.2) is 5.78 Å². The number of carbonyl (C=O) groups is 3. The largest absolute Gasteiger partial charge is 0.325 e. The third-order valence-electron chi connectivity index (χ3n) is 3.84. The molecule has 0 radical (unpaired) electrons. The zero-order chi connectivity index (χ0) is 16.6. The van der Waals surface area contributed by atoms with Crippen molar-refractivity contribution in [2.24, 2.45) is 0 Å². The minimum absolute atomic E-state index is 0.300. The van der Waals surface area contributed by atoms with E-state index in [1.165, 1.54) is 11.3 Å². The van der Waals surface area contributed by atoms with Crippen LogP contribution in [0.4, 0.5) is 4.79 Å². The van der Waals surface area contributed by atoms with E-state index in [1.807, 2.05) is 10.8 Å². The lowest BCUT2D eigenvalue weighted by Gasteiger charge is -2.20. The van der Waals surface area contributed by atoms with Gasteiger partial charge in [0.1, 0.15) is 5.54 Å². The molecule has 23 heavy (non-hydrogen) atoms. The van der Waals surface area contributed by atoms with Crippen molar-refractivity contribution in [3.63, 3.8) is 0 Å². The number of amides is 3. The fraction of sp³-hybridized carbons (Fsp3) is 0.188. The Morgan fingerprint density at radius 3 is 2.57 bits per heavy atom. The highest BCUT2D eigenvalue weighted by Gasteiger charge is 2.49. The Morgan fingerprint density at radius 1 is 1.26 bits per heavy atom. The topological polar surface area (TPSA) is 66.5 Å². The second-order valence-electron chi connectivity index (χ2n) is 5.39. The summed E-state index contributed by atoms with van der Waals surface area (Å²) in [5, 5.41) is 6.83. The van der Waals surface area contributed by atoms with Gasteiger partial charge in [0.25, 0.3) is 5.91 Å².